The molecule has 0 saturated heterocycles. The number of carbonyl (C=O) groups excluding carboxylic acids is 3. The smallest absolute Gasteiger partial charge is 0.326 e. The number of rotatable bonds is 16. The Morgan fingerprint density at radius 2 is 1.55 bits per heavy atom. The Morgan fingerprint density at radius 1 is 0.905 bits per heavy atom. The van der Waals surface area contributed by atoms with E-state index < -0.39 is 47.9 Å². The number of hydrogen-bond acceptors (Lipinski definition) is 6. The number of nitrogens with one attached hydrogen (secondary N) is 4. The first-order valence-corrected chi connectivity index (χ1v) is 15.5. The lowest BCUT2D eigenvalue weighted by molar-refractivity contribution is -0.143. The maximum Gasteiger partial charge on any atom is 0.326 e. The van der Waals surface area contributed by atoms with E-state index in [2.05, 4.69) is 20.9 Å². The van der Waals surface area contributed by atoms with Crippen molar-refractivity contribution in [3.05, 3.63) is 71.9 Å². The highest BCUT2D eigenvalue weighted by molar-refractivity contribution is 7.98. The number of fused-ring (bicyclic) bond motifs is 1. The molecular formula is C31H41N5O5S. The molecule has 10 nitrogen and oxygen atoms in total. The van der Waals surface area contributed by atoms with Gasteiger partial charge in [-0.2, -0.15) is 11.8 Å². The van der Waals surface area contributed by atoms with Crippen molar-refractivity contribution in [1.82, 2.24) is 20.9 Å². The van der Waals surface area contributed by atoms with Crippen molar-refractivity contribution in [3.8, 4) is 0 Å². The fraction of sp³-hybridized carbons (Fsp3) is 0.419. The maximum atomic E-state index is 13.7. The highest BCUT2D eigenvalue weighted by atomic mass is 32.2. The van der Waals surface area contributed by atoms with E-state index in [4.69, 9.17) is 5.73 Å². The molecule has 7 N–H and O–H groups in total. The van der Waals surface area contributed by atoms with E-state index in [1.807, 2.05) is 67.8 Å². The Hall–Kier alpha value is -3.83. The molecule has 0 aliphatic heterocycles. The number of benzene rings is 2. The van der Waals surface area contributed by atoms with Gasteiger partial charge in [0.05, 0.1) is 6.04 Å². The van der Waals surface area contributed by atoms with E-state index >= 15 is 0 Å². The van der Waals surface area contributed by atoms with Crippen molar-refractivity contribution in [1.29, 1.82) is 0 Å². The number of aromatic amines is 1. The summed E-state index contributed by atoms with van der Waals surface area (Å²) in [7, 11) is 0. The molecule has 0 radical (unpaired) electrons. The summed E-state index contributed by atoms with van der Waals surface area (Å²) in [6.45, 7) is 3.60. The number of aliphatic carboxylic acids is 1. The first kappa shape index (κ1) is 32.7. The summed E-state index contributed by atoms with van der Waals surface area (Å²) in [5.41, 5.74) is 8.82. The van der Waals surface area contributed by atoms with Gasteiger partial charge in [-0.15, -0.1) is 0 Å². The van der Waals surface area contributed by atoms with Crippen LogP contribution >= 0.6 is 11.8 Å². The van der Waals surface area contributed by atoms with Gasteiger partial charge in [-0.3, -0.25) is 14.4 Å². The molecule has 226 valence electrons. The monoisotopic (exact) mass is 595 g/mol. The Balaban J connectivity index is 1.83. The van der Waals surface area contributed by atoms with Gasteiger partial charge in [0, 0.05) is 23.5 Å². The van der Waals surface area contributed by atoms with Crippen molar-refractivity contribution in [2.75, 3.05) is 12.0 Å². The molecule has 3 aromatic rings. The number of carbonyl (C=O) groups is 4. The minimum atomic E-state index is -1.13. The molecule has 42 heavy (non-hydrogen) atoms. The number of nitrogens with two attached hydrogens (primary N) is 1. The highest BCUT2D eigenvalue weighted by Gasteiger charge is 2.32. The summed E-state index contributed by atoms with van der Waals surface area (Å²) >= 11 is 1.50. The van der Waals surface area contributed by atoms with Gasteiger partial charge in [-0.25, -0.2) is 4.79 Å². The fourth-order valence-electron chi connectivity index (χ4n) is 4.68. The molecule has 2 aromatic carbocycles. The second-order valence-corrected chi connectivity index (χ2v) is 11.5. The summed E-state index contributed by atoms with van der Waals surface area (Å²) in [6.07, 6.45) is 4.96. The molecule has 0 spiro atoms. The molecule has 3 rings (SSSR count). The Morgan fingerprint density at radius 3 is 2.21 bits per heavy atom. The average molecular weight is 596 g/mol. The average Bonchev–Trinajstić information content (AvgIpc) is 3.39. The predicted molar refractivity (Wildman–Crippen MR) is 166 cm³/mol. The van der Waals surface area contributed by atoms with Crippen molar-refractivity contribution in [2.24, 2.45) is 11.7 Å². The number of amides is 3. The fourth-order valence-corrected chi connectivity index (χ4v) is 5.15. The van der Waals surface area contributed by atoms with E-state index in [0.29, 0.717) is 18.6 Å². The molecule has 5 atom stereocenters. The molecule has 1 aromatic heterocycles. The number of H-pyrrole nitrogens is 1. The van der Waals surface area contributed by atoms with Gasteiger partial charge in [0.25, 0.3) is 0 Å². The molecule has 0 saturated carbocycles. The van der Waals surface area contributed by atoms with Crippen molar-refractivity contribution in [2.45, 2.75) is 63.7 Å². The van der Waals surface area contributed by atoms with Crippen LogP contribution in [0.4, 0.5) is 0 Å². The highest BCUT2D eigenvalue weighted by Crippen LogP contribution is 2.19. The van der Waals surface area contributed by atoms with Gasteiger partial charge in [-0.1, -0.05) is 68.8 Å². The van der Waals surface area contributed by atoms with Crippen molar-refractivity contribution >= 4 is 46.4 Å². The zero-order valence-electron chi connectivity index (χ0n) is 24.3. The number of carboxylic acids is 1. The van der Waals surface area contributed by atoms with Crippen LogP contribution in [0.25, 0.3) is 10.9 Å². The topological polar surface area (TPSA) is 166 Å². The van der Waals surface area contributed by atoms with Crippen LogP contribution in [0.2, 0.25) is 0 Å². The number of aromatic nitrogens is 1. The van der Waals surface area contributed by atoms with Gasteiger partial charge in [0.2, 0.25) is 17.7 Å². The summed E-state index contributed by atoms with van der Waals surface area (Å²) < 4.78 is 0. The quantitative estimate of drug-likeness (QED) is 0.148. The van der Waals surface area contributed by atoms with Gasteiger partial charge in [-0.05, 0) is 48.0 Å². The zero-order chi connectivity index (χ0) is 30.6. The summed E-state index contributed by atoms with van der Waals surface area (Å²) in [4.78, 5) is 55.2. The van der Waals surface area contributed by atoms with Crippen LogP contribution in [0.3, 0.4) is 0 Å². The van der Waals surface area contributed by atoms with E-state index in [1.165, 1.54) is 11.8 Å². The predicted octanol–water partition coefficient (Wildman–Crippen LogP) is 2.62. The SMILES string of the molecule is CCC(C)C(NC(=O)C(CCSC)NC(=O)C(Cc1c[nH]c2ccccc12)NC(=O)C(N)Cc1ccccc1)C(=O)O. The van der Waals surface area contributed by atoms with Crippen molar-refractivity contribution < 1.29 is 24.3 Å². The minimum absolute atomic E-state index is 0.154. The second-order valence-electron chi connectivity index (χ2n) is 10.5. The molecule has 3 amide bonds. The lowest BCUT2D eigenvalue weighted by Gasteiger charge is -2.26. The largest absolute Gasteiger partial charge is 0.480 e. The Bertz CT molecular complexity index is 1350. The summed E-state index contributed by atoms with van der Waals surface area (Å²) in [5, 5.41) is 18.8. The molecule has 0 bridgehead atoms. The van der Waals surface area contributed by atoms with Gasteiger partial charge < -0.3 is 31.8 Å². The summed E-state index contributed by atoms with van der Waals surface area (Å²) in [5.74, 6) is -2.51. The zero-order valence-corrected chi connectivity index (χ0v) is 25.1. The molecule has 0 aliphatic rings. The van der Waals surface area contributed by atoms with E-state index in [1.54, 1.807) is 13.1 Å². The molecule has 5 unspecified atom stereocenters. The first-order chi connectivity index (χ1) is 20.1. The lowest BCUT2D eigenvalue weighted by Crippen LogP contribution is -2.58. The van der Waals surface area contributed by atoms with Crippen molar-refractivity contribution in [3.63, 3.8) is 0 Å². The van der Waals surface area contributed by atoms with Gasteiger partial charge in [0.1, 0.15) is 18.1 Å². The summed E-state index contributed by atoms with van der Waals surface area (Å²) in [6, 6.07) is 13.0. The molecule has 11 heteroatoms. The van der Waals surface area contributed by atoms with E-state index in [-0.39, 0.29) is 18.8 Å². The van der Waals surface area contributed by atoms with Crippen LogP contribution in [0.5, 0.6) is 0 Å². The Kier molecular flexibility index (Phi) is 12.4. The standard InChI is InChI=1S/C31H41N5O5S/c1-4-19(2)27(31(40)41)36-29(38)25(14-15-42-3)34-30(39)26(17-21-18-33-24-13-9-8-12-22(21)24)35-28(37)23(32)16-20-10-6-5-7-11-20/h5-13,18-19,23,25-27,33H,4,14-17,32H2,1-3H3,(H,34,39)(H,35,37)(H,36,38)(H,40,41). The second kappa shape index (κ2) is 16.0. The lowest BCUT2D eigenvalue weighted by atomic mass is 9.98. The normalized spacial score (nSPS) is 14.8. The number of thioether (sulfide) groups is 1. The van der Waals surface area contributed by atoms with E-state index in [0.717, 1.165) is 22.0 Å². The van der Waals surface area contributed by atoms with Crippen LogP contribution < -0.4 is 21.7 Å². The molecular weight excluding hydrogens is 554 g/mol. The van der Waals surface area contributed by atoms with Crippen LogP contribution in [-0.4, -0.2) is 70.0 Å². The van der Waals surface area contributed by atoms with Crippen LogP contribution in [0, 0.1) is 5.92 Å². The third-order valence-electron chi connectivity index (χ3n) is 7.39. The Labute approximate surface area is 250 Å². The van der Waals surface area contributed by atoms with Gasteiger partial charge >= 0.3 is 5.97 Å². The molecule has 0 fully saturated rings. The number of para-hydroxylation sites is 1. The van der Waals surface area contributed by atoms with Crippen LogP contribution in [0.15, 0.2) is 60.8 Å². The first-order valence-electron chi connectivity index (χ1n) is 14.1. The van der Waals surface area contributed by atoms with E-state index in [9.17, 15) is 24.3 Å². The molecule has 1 heterocycles. The third-order valence-corrected chi connectivity index (χ3v) is 8.03. The minimum Gasteiger partial charge on any atom is -0.480 e. The molecule has 0 aliphatic carbocycles. The van der Waals surface area contributed by atoms with Crippen LogP contribution in [-0.2, 0) is 32.0 Å². The van der Waals surface area contributed by atoms with Crippen LogP contribution in [0.1, 0.15) is 37.8 Å². The third kappa shape index (κ3) is 9.09. The number of hydrogen-bond donors (Lipinski definition) is 6. The maximum absolute atomic E-state index is 13.7. The number of carboxylic acid groups (broad SMARTS) is 1. The van der Waals surface area contributed by atoms with Gasteiger partial charge in [0.15, 0.2) is 0 Å².